The molecule has 2 atom stereocenters. The first-order valence-corrected chi connectivity index (χ1v) is 6.22. The van der Waals surface area contributed by atoms with Crippen molar-refractivity contribution < 1.29 is 4.74 Å². The molecule has 17 heavy (non-hydrogen) atoms. The van der Waals surface area contributed by atoms with Gasteiger partial charge in [-0.25, -0.2) is 4.98 Å². The number of ether oxygens (including phenoxy) is 1. The fourth-order valence-electron chi connectivity index (χ4n) is 2.09. The van der Waals surface area contributed by atoms with E-state index < -0.39 is 0 Å². The summed E-state index contributed by atoms with van der Waals surface area (Å²) in [4.78, 5) is 8.74. The molecule has 4 heteroatoms. The maximum Gasteiger partial charge on any atom is 0.232 e. The molecule has 0 aromatic carbocycles. The number of nitrogens with one attached hydrogen (secondary N) is 1. The monoisotopic (exact) mass is 237 g/mol. The summed E-state index contributed by atoms with van der Waals surface area (Å²) in [6.07, 6.45) is 3.50. The van der Waals surface area contributed by atoms with Crippen LogP contribution >= 0.6 is 0 Å². The van der Waals surface area contributed by atoms with E-state index in [1.54, 1.807) is 6.20 Å². The first-order chi connectivity index (χ1) is 8.10. The van der Waals surface area contributed by atoms with Crippen LogP contribution in [-0.4, -0.2) is 29.7 Å². The van der Waals surface area contributed by atoms with Crippen LogP contribution in [0.15, 0.2) is 12.4 Å². The maximum absolute atomic E-state index is 5.40. The van der Waals surface area contributed by atoms with Crippen LogP contribution in [0.5, 0.6) is 5.88 Å². The normalized spacial score (nSPS) is 14.7. The number of hydrogen-bond acceptors (Lipinski definition) is 4. The lowest BCUT2D eigenvalue weighted by Crippen LogP contribution is -2.32. The van der Waals surface area contributed by atoms with Crippen LogP contribution in [0.1, 0.15) is 39.3 Å². The van der Waals surface area contributed by atoms with E-state index in [0.29, 0.717) is 30.4 Å². The van der Waals surface area contributed by atoms with Crippen LogP contribution in [0.25, 0.3) is 0 Å². The van der Waals surface area contributed by atoms with Gasteiger partial charge < -0.3 is 10.1 Å². The zero-order chi connectivity index (χ0) is 12.8. The van der Waals surface area contributed by atoms with Crippen LogP contribution < -0.4 is 10.1 Å². The van der Waals surface area contributed by atoms with Gasteiger partial charge in [-0.05, 0) is 26.8 Å². The average molecular weight is 237 g/mol. The zero-order valence-electron chi connectivity index (χ0n) is 11.4. The lowest BCUT2D eigenvalue weighted by Gasteiger charge is -2.26. The molecular weight excluding hydrogens is 214 g/mol. The Kier molecular flexibility index (Phi) is 5.35. The van der Waals surface area contributed by atoms with Gasteiger partial charge in [0, 0.05) is 18.2 Å². The molecule has 0 bridgehead atoms. The second kappa shape index (κ2) is 6.55. The zero-order valence-corrected chi connectivity index (χ0v) is 11.4. The summed E-state index contributed by atoms with van der Waals surface area (Å²) in [7, 11) is 1.97. The van der Waals surface area contributed by atoms with Crippen LogP contribution in [0, 0.1) is 5.92 Å². The fraction of sp³-hybridized carbons (Fsp3) is 0.692. The standard InChI is InChI=1S/C13H23N3O/c1-6-17-12-8-15-7-11(16-12)13(9(2)3)10(4)14-5/h7-10,13-14H,6H2,1-5H3. The summed E-state index contributed by atoms with van der Waals surface area (Å²) in [6.45, 7) is 9.14. The summed E-state index contributed by atoms with van der Waals surface area (Å²) in [5.41, 5.74) is 0.993. The molecule has 0 saturated heterocycles. The van der Waals surface area contributed by atoms with E-state index >= 15 is 0 Å². The molecular formula is C13H23N3O. The van der Waals surface area contributed by atoms with Crippen molar-refractivity contribution in [1.29, 1.82) is 0 Å². The Bertz CT molecular complexity index is 341. The van der Waals surface area contributed by atoms with Gasteiger partial charge in [-0.3, -0.25) is 4.98 Å². The van der Waals surface area contributed by atoms with Crippen LogP contribution in [-0.2, 0) is 0 Å². The summed E-state index contributed by atoms with van der Waals surface area (Å²) in [5, 5.41) is 3.29. The van der Waals surface area contributed by atoms with Gasteiger partial charge in [-0.1, -0.05) is 13.8 Å². The van der Waals surface area contributed by atoms with Gasteiger partial charge in [0.25, 0.3) is 0 Å². The molecule has 1 rings (SSSR count). The van der Waals surface area contributed by atoms with Gasteiger partial charge in [0.2, 0.25) is 5.88 Å². The van der Waals surface area contributed by atoms with E-state index in [2.05, 4.69) is 36.1 Å². The minimum atomic E-state index is 0.341. The van der Waals surface area contributed by atoms with E-state index in [1.165, 1.54) is 0 Å². The predicted molar refractivity (Wildman–Crippen MR) is 69.3 cm³/mol. The lowest BCUT2D eigenvalue weighted by molar-refractivity contribution is 0.318. The molecule has 0 saturated carbocycles. The second-order valence-corrected chi connectivity index (χ2v) is 4.56. The molecule has 0 aliphatic rings. The Labute approximate surface area is 104 Å². The first kappa shape index (κ1) is 13.9. The van der Waals surface area contributed by atoms with Gasteiger partial charge in [-0.15, -0.1) is 0 Å². The SMILES string of the molecule is CCOc1cncc(C(C(C)C)C(C)NC)n1. The van der Waals surface area contributed by atoms with E-state index in [9.17, 15) is 0 Å². The highest BCUT2D eigenvalue weighted by Gasteiger charge is 2.23. The van der Waals surface area contributed by atoms with Crippen molar-refractivity contribution >= 4 is 0 Å². The highest BCUT2D eigenvalue weighted by Crippen LogP contribution is 2.26. The minimum absolute atomic E-state index is 0.341. The molecule has 0 spiro atoms. The van der Waals surface area contributed by atoms with Crippen molar-refractivity contribution in [2.75, 3.05) is 13.7 Å². The molecule has 0 radical (unpaired) electrons. The van der Waals surface area contributed by atoms with Gasteiger partial charge in [-0.2, -0.15) is 0 Å². The highest BCUT2D eigenvalue weighted by atomic mass is 16.5. The predicted octanol–water partition coefficient (Wildman–Crippen LogP) is 2.22. The van der Waals surface area contributed by atoms with Crippen molar-refractivity contribution in [3.8, 4) is 5.88 Å². The molecule has 1 heterocycles. The molecule has 1 aromatic rings. The molecule has 0 amide bonds. The van der Waals surface area contributed by atoms with Crippen molar-refractivity contribution in [3.05, 3.63) is 18.1 Å². The Hall–Kier alpha value is -1.16. The third-order valence-corrected chi connectivity index (χ3v) is 2.98. The lowest BCUT2D eigenvalue weighted by atomic mass is 9.86. The topological polar surface area (TPSA) is 47.0 Å². The molecule has 0 aliphatic carbocycles. The number of hydrogen-bond donors (Lipinski definition) is 1. The van der Waals surface area contributed by atoms with Crippen LogP contribution in [0.2, 0.25) is 0 Å². The average Bonchev–Trinajstić information content (AvgIpc) is 2.29. The molecule has 0 aliphatic heterocycles. The number of nitrogens with zero attached hydrogens (tertiary/aromatic N) is 2. The number of rotatable bonds is 6. The van der Waals surface area contributed by atoms with Crippen molar-refractivity contribution in [1.82, 2.24) is 15.3 Å². The summed E-state index contributed by atoms with van der Waals surface area (Å²) < 4.78 is 5.40. The number of aromatic nitrogens is 2. The molecule has 1 N–H and O–H groups in total. The second-order valence-electron chi connectivity index (χ2n) is 4.56. The molecule has 96 valence electrons. The van der Waals surface area contributed by atoms with E-state index in [-0.39, 0.29) is 0 Å². The van der Waals surface area contributed by atoms with Gasteiger partial charge in [0.05, 0.1) is 18.5 Å². The van der Waals surface area contributed by atoms with Crippen LogP contribution in [0.3, 0.4) is 0 Å². The third-order valence-electron chi connectivity index (χ3n) is 2.98. The van der Waals surface area contributed by atoms with E-state index in [1.807, 2.05) is 20.2 Å². The minimum Gasteiger partial charge on any atom is -0.477 e. The largest absolute Gasteiger partial charge is 0.477 e. The third kappa shape index (κ3) is 3.66. The van der Waals surface area contributed by atoms with Crippen molar-refractivity contribution in [3.63, 3.8) is 0 Å². The van der Waals surface area contributed by atoms with Gasteiger partial charge >= 0.3 is 0 Å². The smallest absolute Gasteiger partial charge is 0.232 e. The molecule has 2 unspecified atom stereocenters. The van der Waals surface area contributed by atoms with Crippen molar-refractivity contribution in [2.45, 2.75) is 39.7 Å². The highest BCUT2D eigenvalue weighted by molar-refractivity contribution is 5.14. The maximum atomic E-state index is 5.40. The molecule has 0 fully saturated rings. The summed E-state index contributed by atoms with van der Waals surface area (Å²) >= 11 is 0. The Balaban J connectivity index is 2.97. The van der Waals surface area contributed by atoms with Gasteiger partial charge in [0.1, 0.15) is 0 Å². The van der Waals surface area contributed by atoms with E-state index in [4.69, 9.17) is 4.74 Å². The summed E-state index contributed by atoms with van der Waals surface area (Å²) in [6, 6.07) is 0.362. The Morgan fingerprint density at radius 1 is 1.29 bits per heavy atom. The summed E-state index contributed by atoms with van der Waals surface area (Å²) in [5.74, 6) is 1.45. The first-order valence-electron chi connectivity index (χ1n) is 6.22. The van der Waals surface area contributed by atoms with E-state index in [0.717, 1.165) is 5.69 Å². The van der Waals surface area contributed by atoms with Gasteiger partial charge in [0.15, 0.2) is 0 Å². The fourth-order valence-corrected chi connectivity index (χ4v) is 2.09. The number of likely N-dealkylation sites (N-methyl/N-ethyl adjacent to an activating group) is 1. The van der Waals surface area contributed by atoms with Crippen LogP contribution in [0.4, 0.5) is 0 Å². The molecule has 1 aromatic heterocycles. The molecule has 4 nitrogen and oxygen atoms in total. The Morgan fingerprint density at radius 2 is 2.00 bits per heavy atom. The Morgan fingerprint density at radius 3 is 2.53 bits per heavy atom. The van der Waals surface area contributed by atoms with Crippen molar-refractivity contribution in [2.24, 2.45) is 5.92 Å². The quantitative estimate of drug-likeness (QED) is 0.824.